The Morgan fingerprint density at radius 1 is 1.19 bits per heavy atom. The standard InChI is InChI=1S/C20H23ClN2O3/c1-14-7-8-17(12-19(14)21)23(15(2)24)13-20(25)22-10-9-16-5-4-6-18(11-16)26-3/h4-8,11-12H,9-10,13H2,1-3H3,(H,22,25). The Labute approximate surface area is 158 Å². The molecule has 0 bridgehead atoms. The number of hydrogen-bond acceptors (Lipinski definition) is 3. The van der Waals surface area contributed by atoms with Gasteiger partial charge < -0.3 is 15.0 Å². The summed E-state index contributed by atoms with van der Waals surface area (Å²) in [6, 6.07) is 13.0. The third-order valence-electron chi connectivity index (χ3n) is 4.02. The highest BCUT2D eigenvalue weighted by atomic mass is 35.5. The van der Waals surface area contributed by atoms with E-state index in [1.165, 1.54) is 11.8 Å². The van der Waals surface area contributed by atoms with E-state index in [0.717, 1.165) is 16.9 Å². The zero-order valence-electron chi connectivity index (χ0n) is 15.2. The van der Waals surface area contributed by atoms with Crippen LogP contribution in [-0.2, 0) is 16.0 Å². The Morgan fingerprint density at radius 2 is 1.96 bits per heavy atom. The summed E-state index contributed by atoms with van der Waals surface area (Å²) < 4.78 is 5.19. The van der Waals surface area contributed by atoms with Gasteiger partial charge in [-0.25, -0.2) is 0 Å². The maximum Gasteiger partial charge on any atom is 0.240 e. The van der Waals surface area contributed by atoms with E-state index in [2.05, 4.69) is 5.32 Å². The van der Waals surface area contributed by atoms with Crippen LogP contribution in [0.5, 0.6) is 5.75 Å². The van der Waals surface area contributed by atoms with E-state index in [-0.39, 0.29) is 18.4 Å². The molecule has 0 unspecified atom stereocenters. The van der Waals surface area contributed by atoms with Crippen LogP contribution in [-0.4, -0.2) is 32.0 Å². The summed E-state index contributed by atoms with van der Waals surface area (Å²) in [5, 5.41) is 3.41. The molecule has 0 saturated carbocycles. The Kier molecular flexibility index (Phi) is 7.04. The topological polar surface area (TPSA) is 58.6 Å². The van der Waals surface area contributed by atoms with E-state index in [9.17, 15) is 9.59 Å². The largest absolute Gasteiger partial charge is 0.497 e. The first-order valence-corrected chi connectivity index (χ1v) is 8.72. The number of carbonyl (C=O) groups excluding carboxylic acids is 2. The first-order valence-electron chi connectivity index (χ1n) is 8.34. The number of ether oxygens (including phenoxy) is 1. The summed E-state index contributed by atoms with van der Waals surface area (Å²) >= 11 is 6.13. The first-order chi connectivity index (χ1) is 12.4. The molecule has 5 nitrogen and oxygen atoms in total. The minimum absolute atomic E-state index is 0.0488. The quantitative estimate of drug-likeness (QED) is 0.808. The predicted octanol–water partition coefficient (Wildman–Crippen LogP) is 3.37. The van der Waals surface area contributed by atoms with E-state index < -0.39 is 0 Å². The van der Waals surface area contributed by atoms with Crippen molar-refractivity contribution in [3.63, 3.8) is 0 Å². The van der Waals surface area contributed by atoms with Crippen LogP contribution < -0.4 is 15.0 Å². The molecule has 2 rings (SSSR count). The smallest absolute Gasteiger partial charge is 0.240 e. The van der Waals surface area contributed by atoms with Crippen molar-refractivity contribution in [2.45, 2.75) is 20.3 Å². The molecule has 0 aliphatic carbocycles. The van der Waals surface area contributed by atoms with Gasteiger partial charge in [-0.05, 0) is 48.7 Å². The summed E-state index contributed by atoms with van der Waals surface area (Å²) in [6.45, 7) is 3.74. The van der Waals surface area contributed by atoms with Gasteiger partial charge in [0.1, 0.15) is 12.3 Å². The van der Waals surface area contributed by atoms with Crippen LogP contribution in [0.25, 0.3) is 0 Å². The monoisotopic (exact) mass is 374 g/mol. The Balaban J connectivity index is 1.93. The van der Waals surface area contributed by atoms with Gasteiger partial charge in [-0.1, -0.05) is 29.8 Å². The molecule has 0 radical (unpaired) electrons. The molecule has 0 heterocycles. The molecule has 0 fully saturated rings. The van der Waals surface area contributed by atoms with Crippen LogP contribution in [0.3, 0.4) is 0 Å². The molecule has 0 saturated heterocycles. The van der Waals surface area contributed by atoms with Crippen molar-refractivity contribution in [1.29, 1.82) is 0 Å². The Hall–Kier alpha value is -2.53. The minimum atomic E-state index is -0.222. The number of nitrogens with one attached hydrogen (secondary N) is 1. The van der Waals surface area contributed by atoms with Crippen molar-refractivity contribution in [1.82, 2.24) is 5.32 Å². The molecule has 0 aromatic heterocycles. The van der Waals surface area contributed by atoms with Crippen LogP contribution in [0.2, 0.25) is 5.02 Å². The maximum atomic E-state index is 12.2. The lowest BCUT2D eigenvalue weighted by atomic mass is 10.1. The molecule has 138 valence electrons. The van der Waals surface area contributed by atoms with Gasteiger partial charge in [-0.15, -0.1) is 0 Å². The summed E-state index contributed by atoms with van der Waals surface area (Å²) in [4.78, 5) is 25.6. The molecular formula is C20H23ClN2O3. The number of amides is 2. The Morgan fingerprint density at radius 3 is 2.62 bits per heavy atom. The second-order valence-corrected chi connectivity index (χ2v) is 6.40. The number of aryl methyl sites for hydroxylation is 1. The van der Waals surface area contributed by atoms with Crippen LogP contribution in [0.15, 0.2) is 42.5 Å². The first kappa shape index (κ1) is 19.8. The third-order valence-corrected chi connectivity index (χ3v) is 4.43. The highest BCUT2D eigenvalue weighted by Gasteiger charge is 2.16. The van der Waals surface area contributed by atoms with Crippen LogP contribution >= 0.6 is 11.6 Å². The van der Waals surface area contributed by atoms with Gasteiger partial charge >= 0.3 is 0 Å². The number of hydrogen-bond donors (Lipinski definition) is 1. The van der Waals surface area contributed by atoms with E-state index in [4.69, 9.17) is 16.3 Å². The number of halogens is 1. The van der Waals surface area contributed by atoms with Gasteiger partial charge in [0, 0.05) is 24.2 Å². The van der Waals surface area contributed by atoms with Crippen LogP contribution in [0.4, 0.5) is 5.69 Å². The molecule has 1 N–H and O–H groups in total. The van der Waals surface area contributed by atoms with Crippen LogP contribution in [0.1, 0.15) is 18.1 Å². The number of rotatable bonds is 7. The number of carbonyl (C=O) groups is 2. The zero-order valence-corrected chi connectivity index (χ0v) is 16.0. The molecule has 0 aliphatic rings. The minimum Gasteiger partial charge on any atom is -0.497 e. The number of nitrogens with zero attached hydrogens (tertiary/aromatic N) is 1. The number of benzene rings is 2. The lowest BCUT2D eigenvalue weighted by molar-refractivity contribution is -0.123. The van der Waals surface area contributed by atoms with Crippen LogP contribution in [0, 0.1) is 6.92 Å². The molecule has 0 aliphatic heterocycles. The van der Waals surface area contributed by atoms with E-state index in [1.807, 2.05) is 37.3 Å². The third kappa shape index (κ3) is 5.49. The lowest BCUT2D eigenvalue weighted by Crippen LogP contribution is -2.40. The molecule has 2 aromatic carbocycles. The van der Waals surface area contributed by atoms with Crippen molar-refractivity contribution in [3.8, 4) is 5.75 Å². The second-order valence-electron chi connectivity index (χ2n) is 5.99. The maximum absolute atomic E-state index is 12.2. The van der Waals surface area contributed by atoms with Crippen molar-refractivity contribution in [2.24, 2.45) is 0 Å². The SMILES string of the molecule is COc1cccc(CCNC(=O)CN(C(C)=O)c2ccc(C)c(Cl)c2)c1. The van der Waals surface area contributed by atoms with Gasteiger partial charge in [-0.2, -0.15) is 0 Å². The average Bonchev–Trinajstić information content (AvgIpc) is 2.62. The molecule has 2 amide bonds. The fourth-order valence-electron chi connectivity index (χ4n) is 2.51. The van der Waals surface area contributed by atoms with Gasteiger partial charge in [0.2, 0.25) is 11.8 Å². The van der Waals surface area contributed by atoms with Crippen molar-refractivity contribution in [3.05, 3.63) is 58.6 Å². The molecular weight excluding hydrogens is 352 g/mol. The predicted molar refractivity (Wildman–Crippen MR) is 104 cm³/mol. The summed E-state index contributed by atoms with van der Waals surface area (Å²) in [7, 11) is 1.62. The molecule has 6 heteroatoms. The molecule has 0 spiro atoms. The second kappa shape index (κ2) is 9.25. The summed E-state index contributed by atoms with van der Waals surface area (Å²) in [6.07, 6.45) is 0.680. The highest BCUT2D eigenvalue weighted by molar-refractivity contribution is 6.31. The van der Waals surface area contributed by atoms with Gasteiger partial charge in [0.15, 0.2) is 0 Å². The van der Waals surface area contributed by atoms with Crippen molar-refractivity contribution >= 4 is 29.1 Å². The summed E-state index contributed by atoms with van der Waals surface area (Å²) in [5.41, 5.74) is 2.59. The van der Waals surface area contributed by atoms with Gasteiger partial charge in [0.05, 0.1) is 7.11 Å². The van der Waals surface area contributed by atoms with Gasteiger partial charge in [0.25, 0.3) is 0 Å². The highest BCUT2D eigenvalue weighted by Crippen LogP contribution is 2.23. The Bertz CT molecular complexity index is 792. The fraction of sp³-hybridized carbons (Fsp3) is 0.300. The van der Waals surface area contributed by atoms with Crippen molar-refractivity contribution < 1.29 is 14.3 Å². The summed E-state index contributed by atoms with van der Waals surface area (Å²) in [5.74, 6) is 0.348. The van der Waals surface area contributed by atoms with Crippen molar-refractivity contribution in [2.75, 3.05) is 25.1 Å². The molecule has 26 heavy (non-hydrogen) atoms. The normalized spacial score (nSPS) is 10.3. The van der Waals surface area contributed by atoms with E-state index in [1.54, 1.807) is 19.2 Å². The molecule has 0 atom stereocenters. The molecule has 2 aromatic rings. The lowest BCUT2D eigenvalue weighted by Gasteiger charge is -2.21. The number of methoxy groups -OCH3 is 1. The fourth-order valence-corrected chi connectivity index (χ4v) is 2.68. The van der Waals surface area contributed by atoms with Gasteiger partial charge in [-0.3, -0.25) is 9.59 Å². The van der Waals surface area contributed by atoms with E-state index >= 15 is 0 Å². The number of anilines is 1. The zero-order chi connectivity index (χ0) is 19.1. The average molecular weight is 375 g/mol. The van der Waals surface area contributed by atoms with E-state index in [0.29, 0.717) is 23.7 Å².